The van der Waals surface area contributed by atoms with Crippen LogP contribution in [0.1, 0.15) is 27.9 Å². The maximum Gasteiger partial charge on any atom is 0.259 e. The molecule has 3 aromatic carbocycles. The van der Waals surface area contributed by atoms with Crippen LogP contribution in [0.4, 0.5) is 0 Å². The minimum absolute atomic E-state index is 0.271. The molecular weight excluding hydrogens is 394 g/mol. The first-order valence-corrected chi connectivity index (χ1v) is 9.67. The van der Waals surface area contributed by atoms with Gasteiger partial charge in [0.25, 0.3) is 5.91 Å². The molecular formula is C24H21N3O4. The van der Waals surface area contributed by atoms with E-state index >= 15 is 0 Å². The highest BCUT2D eigenvalue weighted by Gasteiger charge is 2.27. The van der Waals surface area contributed by atoms with Gasteiger partial charge < -0.3 is 19.2 Å². The summed E-state index contributed by atoms with van der Waals surface area (Å²) in [6.07, 6.45) is 0. The molecule has 1 N–H and O–H groups in total. The molecule has 0 fully saturated rings. The summed E-state index contributed by atoms with van der Waals surface area (Å²) in [4.78, 5) is 13.3. The predicted octanol–water partition coefficient (Wildman–Crippen LogP) is 4.27. The smallest absolute Gasteiger partial charge is 0.259 e. The Labute approximate surface area is 179 Å². The first-order chi connectivity index (χ1) is 15.2. The van der Waals surface area contributed by atoms with E-state index in [4.69, 9.17) is 13.9 Å². The van der Waals surface area contributed by atoms with Gasteiger partial charge in [-0.05, 0) is 29.8 Å². The Hall–Kier alpha value is -4.13. The number of carbonyl (C=O) groups excluding carboxylic acids is 1. The Kier molecular flexibility index (Phi) is 5.93. The lowest BCUT2D eigenvalue weighted by atomic mass is 10.1. The van der Waals surface area contributed by atoms with Gasteiger partial charge in [0.15, 0.2) is 0 Å². The molecule has 1 heterocycles. The molecule has 4 aromatic rings. The zero-order valence-electron chi connectivity index (χ0n) is 17.1. The van der Waals surface area contributed by atoms with Crippen LogP contribution in [0, 0.1) is 0 Å². The summed E-state index contributed by atoms with van der Waals surface area (Å²) >= 11 is 0. The highest BCUT2D eigenvalue weighted by Crippen LogP contribution is 2.30. The fraction of sp³-hybridized carbons (Fsp3) is 0.125. The number of hydrogen-bond acceptors (Lipinski definition) is 6. The number of rotatable bonds is 7. The minimum Gasteiger partial charge on any atom is -0.496 e. The van der Waals surface area contributed by atoms with Gasteiger partial charge in [0.2, 0.25) is 11.8 Å². The maximum atomic E-state index is 13.3. The van der Waals surface area contributed by atoms with Crippen molar-refractivity contribution in [2.24, 2.45) is 0 Å². The Morgan fingerprint density at radius 1 is 0.839 bits per heavy atom. The van der Waals surface area contributed by atoms with Crippen LogP contribution >= 0.6 is 0 Å². The molecule has 0 saturated heterocycles. The average molecular weight is 415 g/mol. The average Bonchev–Trinajstić information content (AvgIpc) is 3.33. The van der Waals surface area contributed by atoms with Crippen LogP contribution in [0.5, 0.6) is 11.5 Å². The van der Waals surface area contributed by atoms with Crippen molar-refractivity contribution in [3.63, 3.8) is 0 Å². The summed E-state index contributed by atoms with van der Waals surface area (Å²) in [7, 11) is 3.01. The Bertz CT molecular complexity index is 1140. The van der Waals surface area contributed by atoms with Gasteiger partial charge in [0.1, 0.15) is 23.1 Å². The van der Waals surface area contributed by atoms with Gasteiger partial charge in [-0.2, -0.15) is 0 Å². The van der Waals surface area contributed by atoms with E-state index in [0.29, 0.717) is 17.4 Å². The van der Waals surface area contributed by atoms with Crippen molar-refractivity contribution in [1.82, 2.24) is 15.5 Å². The zero-order chi connectivity index (χ0) is 21.6. The number of nitrogens with zero attached hydrogens (tertiary/aromatic N) is 2. The van der Waals surface area contributed by atoms with Gasteiger partial charge in [0.05, 0.1) is 14.2 Å². The molecule has 7 nitrogen and oxygen atoms in total. The van der Waals surface area contributed by atoms with Crippen LogP contribution < -0.4 is 14.8 Å². The molecule has 0 aliphatic rings. The topological polar surface area (TPSA) is 86.5 Å². The van der Waals surface area contributed by atoms with Crippen molar-refractivity contribution in [3.8, 4) is 23.0 Å². The lowest BCUT2D eigenvalue weighted by molar-refractivity contribution is 0.0931. The van der Waals surface area contributed by atoms with E-state index in [1.807, 2.05) is 60.7 Å². The van der Waals surface area contributed by atoms with E-state index in [-0.39, 0.29) is 17.4 Å². The van der Waals surface area contributed by atoms with Crippen LogP contribution in [-0.2, 0) is 0 Å². The molecule has 0 unspecified atom stereocenters. The lowest BCUT2D eigenvalue weighted by Crippen LogP contribution is -2.30. The minimum atomic E-state index is -0.659. The molecule has 1 aromatic heterocycles. The SMILES string of the molecule is COc1cccc(OC)c1C(=O)N[C@H](c1ccccc1)c1nnc(-c2ccccc2)o1. The third kappa shape index (κ3) is 4.25. The molecule has 31 heavy (non-hydrogen) atoms. The summed E-state index contributed by atoms with van der Waals surface area (Å²) < 4.78 is 16.7. The van der Waals surface area contributed by atoms with Gasteiger partial charge >= 0.3 is 0 Å². The summed E-state index contributed by atoms with van der Waals surface area (Å²) in [5.74, 6) is 1.06. The second-order valence-electron chi connectivity index (χ2n) is 6.67. The van der Waals surface area contributed by atoms with Gasteiger partial charge in [0, 0.05) is 5.56 Å². The van der Waals surface area contributed by atoms with Gasteiger partial charge in [-0.1, -0.05) is 54.6 Å². The molecule has 4 rings (SSSR count). The van der Waals surface area contributed by atoms with Gasteiger partial charge in [-0.15, -0.1) is 10.2 Å². The third-order valence-electron chi connectivity index (χ3n) is 4.77. The lowest BCUT2D eigenvalue weighted by Gasteiger charge is -2.18. The molecule has 0 radical (unpaired) electrons. The van der Waals surface area contributed by atoms with Crippen molar-refractivity contribution in [1.29, 1.82) is 0 Å². The zero-order valence-corrected chi connectivity index (χ0v) is 17.1. The standard InChI is InChI=1S/C24H21N3O4/c1-29-18-14-9-15-19(30-2)20(18)22(28)25-21(16-10-5-3-6-11-16)24-27-26-23(31-24)17-12-7-4-8-13-17/h3-15,21H,1-2H3,(H,25,28)/t21-/m1/s1. The molecule has 0 aliphatic carbocycles. The maximum absolute atomic E-state index is 13.3. The predicted molar refractivity (Wildman–Crippen MR) is 115 cm³/mol. The van der Waals surface area contributed by atoms with Crippen molar-refractivity contribution in [2.75, 3.05) is 14.2 Å². The molecule has 156 valence electrons. The van der Waals surface area contributed by atoms with Gasteiger partial charge in [-0.3, -0.25) is 4.79 Å². The van der Waals surface area contributed by atoms with E-state index in [1.165, 1.54) is 14.2 Å². The largest absolute Gasteiger partial charge is 0.496 e. The highest BCUT2D eigenvalue weighted by atomic mass is 16.5. The normalized spacial score (nSPS) is 11.5. The highest BCUT2D eigenvalue weighted by molar-refractivity contribution is 6.00. The third-order valence-corrected chi connectivity index (χ3v) is 4.77. The van der Waals surface area contributed by atoms with Crippen molar-refractivity contribution in [3.05, 3.63) is 95.9 Å². The van der Waals surface area contributed by atoms with Crippen molar-refractivity contribution in [2.45, 2.75) is 6.04 Å². The van der Waals surface area contributed by atoms with Crippen LogP contribution in [-0.4, -0.2) is 30.3 Å². The number of nitrogens with one attached hydrogen (secondary N) is 1. The Morgan fingerprint density at radius 3 is 2.06 bits per heavy atom. The fourth-order valence-electron chi connectivity index (χ4n) is 3.26. The number of benzene rings is 3. The van der Waals surface area contributed by atoms with Crippen LogP contribution in [0.25, 0.3) is 11.5 Å². The van der Waals surface area contributed by atoms with E-state index < -0.39 is 6.04 Å². The van der Waals surface area contributed by atoms with Crippen LogP contribution in [0.2, 0.25) is 0 Å². The molecule has 1 amide bonds. The molecule has 0 aliphatic heterocycles. The number of hydrogen-bond donors (Lipinski definition) is 1. The van der Waals surface area contributed by atoms with E-state index in [9.17, 15) is 4.79 Å². The summed E-state index contributed by atoms with van der Waals surface area (Å²) in [6, 6.07) is 23.4. The number of aromatic nitrogens is 2. The van der Waals surface area contributed by atoms with E-state index in [0.717, 1.165) is 11.1 Å². The van der Waals surface area contributed by atoms with Crippen molar-refractivity contribution >= 4 is 5.91 Å². The van der Waals surface area contributed by atoms with E-state index in [2.05, 4.69) is 15.5 Å². The fourth-order valence-corrected chi connectivity index (χ4v) is 3.26. The van der Waals surface area contributed by atoms with E-state index in [1.54, 1.807) is 18.2 Å². The van der Waals surface area contributed by atoms with Crippen LogP contribution in [0.3, 0.4) is 0 Å². The monoisotopic (exact) mass is 415 g/mol. The molecule has 7 heteroatoms. The molecule has 0 bridgehead atoms. The first kappa shape index (κ1) is 20.2. The number of amides is 1. The van der Waals surface area contributed by atoms with Crippen molar-refractivity contribution < 1.29 is 18.7 Å². The summed E-state index contributed by atoms with van der Waals surface area (Å²) in [5, 5.41) is 11.4. The number of carbonyl (C=O) groups is 1. The number of methoxy groups -OCH3 is 2. The molecule has 1 atom stereocenters. The second kappa shape index (κ2) is 9.13. The quantitative estimate of drug-likeness (QED) is 0.485. The van der Waals surface area contributed by atoms with Gasteiger partial charge in [-0.25, -0.2) is 0 Å². The summed E-state index contributed by atoms with van der Waals surface area (Å²) in [5.41, 5.74) is 1.88. The molecule has 0 spiro atoms. The second-order valence-corrected chi connectivity index (χ2v) is 6.67. The summed E-state index contributed by atoms with van der Waals surface area (Å²) in [6.45, 7) is 0. The first-order valence-electron chi connectivity index (χ1n) is 9.67. The molecule has 0 saturated carbocycles. The van der Waals surface area contributed by atoms with Crippen LogP contribution in [0.15, 0.2) is 83.3 Å². The Morgan fingerprint density at radius 2 is 1.45 bits per heavy atom. The number of ether oxygens (including phenoxy) is 2. The Balaban J connectivity index is 1.71.